The van der Waals surface area contributed by atoms with Crippen molar-refractivity contribution in [1.82, 2.24) is 0 Å². The van der Waals surface area contributed by atoms with Gasteiger partial charge in [0.1, 0.15) is 5.56 Å². The van der Waals surface area contributed by atoms with Crippen molar-refractivity contribution in [2.24, 2.45) is 0 Å². The number of carboxylic acids is 1. The van der Waals surface area contributed by atoms with E-state index in [-0.39, 0.29) is 17.4 Å². The highest BCUT2D eigenvalue weighted by atomic mass is 35.5. The lowest BCUT2D eigenvalue weighted by Gasteiger charge is -2.12. The summed E-state index contributed by atoms with van der Waals surface area (Å²) in [6.07, 6.45) is 2.27. The number of amides is 1. The molecule has 1 aliphatic rings. The lowest BCUT2D eigenvalue weighted by atomic mass is 9.97. The van der Waals surface area contributed by atoms with Crippen molar-refractivity contribution >= 4 is 40.5 Å². The normalized spacial score (nSPS) is 15.2. The molecule has 4 nitrogen and oxygen atoms in total. The summed E-state index contributed by atoms with van der Waals surface area (Å²) in [5.41, 5.74) is 3.75. The van der Waals surface area contributed by atoms with Gasteiger partial charge in [-0.2, -0.15) is 0 Å². The SMILES string of the molecule is O=C(CC1CCc2ccccc21)Nc1csc(-c2ccc(Cl)cc2)c1C(=O)O. The third-order valence-corrected chi connectivity index (χ3v) is 6.36. The van der Waals surface area contributed by atoms with Crippen molar-refractivity contribution in [3.8, 4) is 10.4 Å². The lowest BCUT2D eigenvalue weighted by molar-refractivity contribution is -0.116. The van der Waals surface area contributed by atoms with Gasteiger partial charge in [-0.05, 0) is 47.6 Å². The Bertz CT molecular complexity index is 1040. The third kappa shape index (κ3) is 3.68. The topological polar surface area (TPSA) is 66.4 Å². The minimum absolute atomic E-state index is 0.118. The van der Waals surface area contributed by atoms with E-state index in [9.17, 15) is 14.7 Å². The standard InChI is InChI=1S/C22H18ClNO3S/c23-16-9-7-14(8-10-16)21-20(22(26)27)18(12-28-21)24-19(25)11-15-6-5-13-3-1-2-4-17(13)15/h1-4,7-10,12,15H,5-6,11H2,(H,24,25)(H,26,27). The minimum Gasteiger partial charge on any atom is -0.478 e. The number of nitrogens with one attached hydrogen (secondary N) is 1. The number of aryl methyl sites for hydroxylation is 1. The molecule has 6 heteroatoms. The first-order valence-electron chi connectivity index (χ1n) is 9.01. The maximum atomic E-state index is 12.6. The molecule has 0 radical (unpaired) electrons. The molecular weight excluding hydrogens is 394 g/mol. The lowest BCUT2D eigenvalue weighted by Crippen LogP contribution is -2.16. The summed E-state index contributed by atoms with van der Waals surface area (Å²) in [6.45, 7) is 0. The Morgan fingerprint density at radius 1 is 1.14 bits per heavy atom. The van der Waals surface area contributed by atoms with Crippen LogP contribution in [-0.2, 0) is 11.2 Å². The molecule has 142 valence electrons. The van der Waals surface area contributed by atoms with Gasteiger partial charge in [0, 0.05) is 16.8 Å². The van der Waals surface area contributed by atoms with Crippen LogP contribution in [0.4, 0.5) is 5.69 Å². The van der Waals surface area contributed by atoms with Crippen LogP contribution in [0.1, 0.15) is 40.2 Å². The smallest absolute Gasteiger partial charge is 0.339 e. The van der Waals surface area contributed by atoms with Crippen LogP contribution in [0, 0.1) is 0 Å². The molecule has 1 atom stereocenters. The molecule has 0 saturated carbocycles. The molecule has 1 aliphatic carbocycles. The Labute approximate surface area is 171 Å². The second kappa shape index (κ2) is 7.78. The Kier molecular flexibility index (Phi) is 5.20. The van der Waals surface area contributed by atoms with Crippen molar-refractivity contribution in [2.45, 2.75) is 25.2 Å². The van der Waals surface area contributed by atoms with Gasteiger partial charge in [-0.25, -0.2) is 4.79 Å². The first-order chi connectivity index (χ1) is 13.5. The monoisotopic (exact) mass is 411 g/mol. The molecule has 3 aromatic rings. The Balaban J connectivity index is 1.54. The van der Waals surface area contributed by atoms with Crippen LogP contribution in [0.25, 0.3) is 10.4 Å². The van der Waals surface area contributed by atoms with Crippen LogP contribution >= 0.6 is 22.9 Å². The van der Waals surface area contributed by atoms with E-state index in [1.54, 1.807) is 29.6 Å². The van der Waals surface area contributed by atoms with E-state index >= 15 is 0 Å². The second-order valence-corrected chi connectivity index (χ2v) is 8.17. The maximum Gasteiger partial charge on any atom is 0.339 e. The number of fused-ring (bicyclic) bond motifs is 1. The van der Waals surface area contributed by atoms with Gasteiger partial charge in [0.25, 0.3) is 0 Å². The number of hydrogen-bond donors (Lipinski definition) is 2. The molecule has 0 spiro atoms. The number of hydrogen-bond acceptors (Lipinski definition) is 3. The molecule has 4 rings (SSSR count). The fraction of sp³-hybridized carbons (Fsp3) is 0.182. The summed E-state index contributed by atoms with van der Waals surface area (Å²) in [6, 6.07) is 15.2. The Hall–Kier alpha value is -2.63. The van der Waals surface area contributed by atoms with Gasteiger partial charge in [0.2, 0.25) is 5.91 Å². The van der Waals surface area contributed by atoms with Gasteiger partial charge in [0.15, 0.2) is 0 Å². The third-order valence-electron chi connectivity index (χ3n) is 5.07. The molecule has 0 fully saturated rings. The molecule has 2 N–H and O–H groups in total. The van der Waals surface area contributed by atoms with Crippen LogP contribution in [0.5, 0.6) is 0 Å². The number of aromatic carboxylic acids is 1. The summed E-state index contributed by atoms with van der Waals surface area (Å²) in [5, 5.41) is 14.8. The number of carbonyl (C=O) groups excluding carboxylic acids is 1. The molecule has 2 aromatic carbocycles. The largest absolute Gasteiger partial charge is 0.478 e. The van der Waals surface area contributed by atoms with Crippen molar-refractivity contribution in [3.63, 3.8) is 0 Å². The fourth-order valence-electron chi connectivity index (χ4n) is 3.76. The highest BCUT2D eigenvalue weighted by Gasteiger charge is 2.26. The highest BCUT2D eigenvalue weighted by Crippen LogP contribution is 2.38. The Morgan fingerprint density at radius 2 is 1.89 bits per heavy atom. The average molecular weight is 412 g/mol. The van der Waals surface area contributed by atoms with Gasteiger partial charge < -0.3 is 10.4 Å². The number of rotatable bonds is 5. The zero-order chi connectivity index (χ0) is 19.7. The first kappa shape index (κ1) is 18.7. The van der Waals surface area contributed by atoms with Gasteiger partial charge >= 0.3 is 5.97 Å². The number of carbonyl (C=O) groups is 2. The number of benzene rings is 2. The molecule has 1 amide bonds. The zero-order valence-electron chi connectivity index (χ0n) is 14.9. The maximum absolute atomic E-state index is 12.6. The summed E-state index contributed by atoms with van der Waals surface area (Å²) in [7, 11) is 0. The quantitative estimate of drug-likeness (QED) is 0.555. The van der Waals surface area contributed by atoms with Crippen LogP contribution in [0.15, 0.2) is 53.9 Å². The Morgan fingerprint density at radius 3 is 2.64 bits per heavy atom. The van der Waals surface area contributed by atoms with Gasteiger partial charge in [-0.3, -0.25) is 4.79 Å². The summed E-state index contributed by atoms with van der Waals surface area (Å²) in [4.78, 5) is 25.1. The van der Waals surface area contributed by atoms with Crippen molar-refractivity contribution < 1.29 is 14.7 Å². The summed E-state index contributed by atoms with van der Waals surface area (Å²) in [5.74, 6) is -1.05. The number of carboxylic acid groups (broad SMARTS) is 1. The molecule has 1 heterocycles. The molecule has 0 saturated heterocycles. The second-order valence-electron chi connectivity index (χ2n) is 6.85. The van der Waals surface area contributed by atoms with E-state index in [1.807, 2.05) is 12.1 Å². The number of halogens is 1. The van der Waals surface area contributed by atoms with Crippen LogP contribution < -0.4 is 5.32 Å². The van der Waals surface area contributed by atoms with Crippen LogP contribution in [0.2, 0.25) is 5.02 Å². The van der Waals surface area contributed by atoms with Gasteiger partial charge in [-0.1, -0.05) is 48.0 Å². The molecule has 28 heavy (non-hydrogen) atoms. The van der Waals surface area contributed by atoms with E-state index in [1.165, 1.54) is 22.5 Å². The van der Waals surface area contributed by atoms with E-state index in [4.69, 9.17) is 11.6 Å². The molecule has 1 unspecified atom stereocenters. The average Bonchev–Trinajstić information content (AvgIpc) is 3.27. The van der Waals surface area contributed by atoms with Crippen molar-refractivity contribution in [3.05, 3.63) is 75.6 Å². The summed E-state index contributed by atoms with van der Waals surface area (Å²) >= 11 is 7.22. The van der Waals surface area contributed by atoms with E-state index < -0.39 is 5.97 Å². The zero-order valence-corrected chi connectivity index (χ0v) is 16.5. The number of thiophene rings is 1. The predicted molar refractivity (Wildman–Crippen MR) is 112 cm³/mol. The van der Waals surface area contributed by atoms with Crippen molar-refractivity contribution in [1.29, 1.82) is 0 Å². The van der Waals surface area contributed by atoms with E-state index in [0.717, 1.165) is 18.4 Å². The fourth-order valence-corrected chi connectivity index (χ4v) is 4.88. The van der Waals surface area contributed by atoms with Crippen LogP contribution in [-0.4, -0.2) is 17.0 Å². The summed E-state index contributed by atoms with van der Waals surface area (Å²) < 4.78 is 0. The van der Waals surface area contributed by atoms with E-state index in [2.05, 4.69) is 17.4 Å². The van der Waals surface area contributed by atoms with Crippen LogP contribution in [0.3, 0.4) is 0 Å². The van der Waals surface area contributed by atoms with Gasteiger partial charge in [-0.15, -0.1) is 11.3 Å². The minimum atomic E-state index is -1.06. The van der Waals surface area contributed by atoms with E-state index in [0.29, 0.717) is 22.0 Å². The molecule has 0 aliphatic heterocycles. The first-order valence-corrected chi connectivity index (χ1v) is 10.3. The van der Waals surface area contributed by atoms with Crippen molar-refractivity contribution in [2.75, 3.05) is 5.32 Å². The molecule has 1 aromatic heterocycles. The number of anilines is 1. The predicted octanol–water partition coefficient (Wildman–Crippen LogP) is 5.83. The molecule has 0 bridgehead atoms. The molecular formula is C22H18ClNO3S. The van der Waals surface area contributed by atoms with Gasteiger partial charge in [0.05, 0.1) is 10.6 Å². The highest BCUT2D eigenvalue weighted by molar-refractivity contribution is 7.14.